The van der Waals surface area contributed by atoms with Gasteiger partial charge in [0.2, 0.25) is 0 Å². The summed E-state index contributed by atoms with van der Waals surface area (Å²) in [5.74, 6) is 0.836. The van der Waals surface area contributed by atoms with Crippen molar-refractivity contribution in [2.45, 2.75) is 39.8 Å². The number of carbonyl (C=O) groups excluding carboxylic acids is 1. The molecule has 1 aliphatic heterocycles. The second kappa shape index (κ2) is 7.46. The summed E-state index contributed by atoms with van der Waals surface area (Å²) in [6, 6.07) is 12.6. The summed E-state index contributed by atoms with van der Waals surface area (Å²) in [6.07, 6.45) is 1.79. The molecule has 5 heteroatoms. The predicted octanol–water partition coefficient (Wildman–Crippen LogP) is 3.93. The van der Waals surface area contributed by atoms with Gasteiger partial charge in [0.05, 0.1) is 16.9 Å². The maximum absolute atomic E-state index is 13.0. The molecule has 2 aromatic rings. The first-order chi connectivity index (χ1) is 12.4. The molecule has 5 nitrogen and oxygen atoms in total. The molecular formula is C21H28N4O. The predicted molar refractivity (Wildman–Crippen MR) is 107 cm³/mol. The fraction of sp³-hybridized carbons (Fsp3) is 0.429. The molecule has 1 aromatic heterocycles. The summed E-state index contributed by atoms with van der Waals surface area (Å²) >= 11 is 0. The van der Waals surface area contributed by atoms with Crippen LogP contribution in [-0.4, -0.2) is 48.0 Å². The second-order valence-electron chi connectivity index (χ2n) is 7.30. The average Bonchev–Trinajstić information content (AvgIpc) is 2.71. The average molecular weight is 352 g/mol. The van der Waals surface area contributed by atoms with E-state index in [0.29, 0.717) is 17.6 Å². The van der Waals surface area contributed by atoms with Crippen molar-refractivity contribution in [2.24, 2.45) is 0 Å². The molecule has 0 bridgehead atoms. The molecule has 0 N–H and O–H groups in total. The van der Waals surface area contributed by atoms with Crippen molar-refractivity contribution < 1.29 is 4.79 Å². The molecule has 0 radical (unpaired) electrons. The van der Waals surface area contributed by atoms with E-state index < -0.39 is 0 Å². The first-order valence-corrected chi connectivity index (χ1v) is 9.27. The number of aromatic nitrogens is 1. The van der Waals surface area contributed by atoms with Gasteiger partial charge in [-0.1, -0.05) is 12.1 Å². The molecule has 2 heterocycles. The molecule has 0 spiro atoms. The van der Waals surface area contributed by atoms with Crippen molar-refractivity contribution >= 4 is 23.1 Å². The van der Waals surface area contributed by atoms with Gasteiger partial charge in [0.1, 0.15) is 0 Å². The number of carbonyl (C=O) groups is 1. The molecular weight excluding hydrogens is 324 g/mol. The van der Waals surface area contributed by atoms with Crippen LogP contribution in [0.15, 0.2) is 42.6 Å². The summed E-state index contributed by atoms with van der Waals surface area (Å²) in [6.45, 7) is 10.6. The second-order valence-corrected chi connectivity index (χ2v) is 7.30. The molecule has 138 valence electrons. The molecule has 0 unspecified atom stereocenters. The van der Waals surface area contributed by atoms with E-state index in [9.17, 15) is 4.79 Å². The van der Waals surface area contributed by atoms with Crippen molar-refractivity contribution in [3.8, 4) is 0 Å². The van der Waals surface area contributed by atoms with Crippen LogP contribution in [0.4, 0.5) is 17.2 Å². The number of pyridine rings is 1. The van der Waals surface area contributed by atoms with Crippen LogP contribution in [0.3, 0.4) is 0 Å². The molecule has 0 aliphatic carbocycles. The Morgan fingerprint density at radius 1 is 1.00 bits per heavy atom. The maximum Gasteiger partial charge on any atom is 0.260 e. The lowest BCUT2D eigenvalue weighted by Gasteiger charge is -2.33. The molecule has 1 aliphatic rings. The SMILES string of the molecule is CC(C)N(CCN1c2ccccc2C(=O)N(C)c2cccnc21)C(C)C. The Morgan fingerprint density at radius 3 is 2.35 bits per heavy atom. The lowest BCUT2D eigenvalue weighted by molar-refractivity contribution is 0.0994. The zero-order valence-electron chi connectivity index (χ0n) is 16.3. The quantitative estimate of drug-likeness (QED) is 0.817. The Bertz CT molecular complexity index is 779. The van der Waals surface area contributed by atoms with Gasteiger partial charge in [-0.15, -0.1) is 0 Å². The number of nitrogens with zero attached hydrogens (tertiary/aromatic N) is 4. The van der Waals surface area contributed by atoms with E-state index >= 15 is 0 Å². The highest BCUT2D eigenvalue weighted by Crippen LogP contribution is 2.38. The molecule has 0 saturated carbocycles. The lowest BCUT2D eigenvalue weighted by atomic mass is 10.1. The van der Waals surface area contributed by atoms with Gasteiger partial charge in [-0.3, -0.25) is 9.69 Å². The van der Waals surface area contributed by atoms with Gasteiger partial charge in [0.25, 0.3) is 5.91 Å². The normalized spacial score (nSPS) is 14.1. The van der Waals surface area contributed by atoms with Gasteiger partial charge in [0.15, 0.2) is 5.82 Å². The summed E-state index contributed by atoms with van der Waals surface area (Å²) in [7, 11) is 1.82. The zero-order valence-corrected chi connectivity index (χ0v) is 16.3. The first kappa shape index (κ1) is 18.4. The van der Waals surface area contributed by atoms with Crippen molar-refractivity contribution in [1.82, 2.24) is 9.88 Å². The highest BCUT2D eigenvalue weighted by Gasteiger charge is 2.29. The number of amides is 1. The molecule has 3 rings (SSSR count). The molecule has 1 amide bonds. The number of hydrogen-bond donors (Lipinski definition) is 0. The summed E-state index contributed by atoms with van der Waals surface area (Å²) in [5, 5.41) is 0. The van der Waals surface area contributed by atoms with E-state index in [0.717, 1.165) is 30.3 Å². The largest absolute Gasteiger partial charge is 0.323 e. The minimum Gasteiger partial charge on any atom is -0.323 e. The van der Waals surface area contributed by atoms with E-state index in [4.69, 9.17) is 0 Å². The summed E-state index contributed by atoms with van der Waals surface area (Å²) in [4.78, 5) is 23.9. The van der Waals surface area contributed by atoms with E-state index in [1.54, 1.807) is 11.1 Å². The number of para-hydroxylation sites is 1. The molecule has 1 aromatic carbocycles. The highest BCUT2D eigenvalue weighted by atomic mass is 16.2. The van der Waals surface area contributed by atoms with E-state index in [2.05, 4.69) is 42.5 Å². The Balaban J connectivity index is 2.05. The van der Waals surface area contributed by atoms with Crippen molar-refractivity contribution in [1.29, 1.82) is 0 Å². The Hall–Kier alpha value is -2.40. The van der Waals surface area contributed by atoms with Crippen LogP contribution in [-0.2, 0) is 0 Å². The minimum absolute atomic E-state index is 0.00178. The highest BCUT2D eigenvalue weighted by molar-refractivity contribution is 6.13. The van der Waals surface area contributed by atoms with Crippen LogP contribution in [0.2, 0.25) is 0 Å². The summed E-state index contributed by atoms with van der Waals surface area (Å²) < 4.78 is 0. The van der Waals surface area contributed by atoms with E-state index in [1.165, 1.54) is 0 Å². The van der Waals surface area contributed by atoms with Gasteiger partial charge in [-0.25, -0.2) is 4.98 Å². The summed E-state index contributed by atoms with van der Waals surface area (Å²) in [5.41, 5.74) is 2.48. The molecule has 26 heavy (non-hydrogen) atoms. The Morgan fingerprint density at radius 2 is 1.65 bits per heavy atom. The Labute approximate surface area is 156 Å². The van der Waals surface area contributed by atoms with Crippen LogP contribution < -0.4 is 9.80 Å². The van der Waals surface area contributed by atoms with Crippen LogP contribution in [0.25, 0.3) is 0 Å². The van der Waals surface area contributed by atoms with Crippen molar-refractivity contribution in [3.63, 3.8) is 0 Å². The van der Waals surface area contributed by atoms with Crippen LogP contribution in [0.1, 0.15) is 38.1 Å². The number of anilines is 3. The standard InChI is InChI=1S/C21H28N4O/c1-15(2)24(16(3)4)13-14-25-18-10-7-6-9-17(18)21(26)23(5)19-11-8-12-22-20(19)25/h6-12,15-16H,13-14H2,1-5H3. The van der Waals surface area contributed by atoms with Gasteiger partial charge in [-0.2, -0.15) is 0 Å². The van der Waals surface area contributed by atoms with Crippen molar-refractivity contribution in [2.75, 3.05) is 29.9 Å². The topological polar surface area (TPSA) is 39.7 Å². The number of benzene rings is 1. The van der Waals surface area contributed by atoms with Gasteiger partial charge >= 0.3 is 0 Å². The Kier molecular flexibility index (Phi) is 5.28. The lowest BCUT2D eigenvalue weighted by Crippen LogP contribution is -2.42. The molecule has 0 atom stereocenters. The minimum atomic E-state index is 0.00178. The molecule has 0 fully saturated rings. The smallest absolute Gasteiger partial charge is 0.260 e. The maximum atomic E-state index is 13.0. The fourth-order valence-electron chi connectivity index (χ4n) is 3.71. The third-order valence-corrected chi connectivity index (χ3v) is 5.02. The first-order valence-electron chi connectivity index (χ1n) is 9.27. The van der Waals surface area contributed by atoms with Gasteiger partial charge in [-0.05, 0) is 52.0 Å². The van der Waals surface area contributed by atoms with Crippen LogP contribution in [0, 0.1) is 0 Å². The van der Waals surface area contributed by atoms with Gasteiger partial charge < -0.3 is 9.80 Å². The fourth-order valence-corrected chi connectivity index (χ4v) is 3.71. The zero-order chi connectivity index (χ0) is 18.8. The number of fused-ring (bicyclic) bond motifs is 2. The third-order valence-electron chi connectivity index (χ3n) is 5.02. The number of hydrogen-bond acceptors (Lipinski definition) is 4. The molecule has 0 saturated heterocycles. The van der Waals surface area contributed by atoms with Crippen LogP contribution >= 0.6 is 0 Å². The number of rotatable bonds is 5. The third kappa shape index (κ3) is 3.31. The van der Waals surface area contributed by atoms with Crippen LogP contribution in [0.5, 0.6) is 0 Å². The van der Waals surface area contributed by atoms with E-state index in [-0.39, 0.29) is 5.91 Å². The van der Waals surface area contributed by atoms with E-state index in [1.807, 2.05) is 43.4 Å². The van der Waals surface area contributed by atoms with Crippen molar-refractivity contribution in [3.05, 3.63) is 48.2 Å². The van der Waals surface area contributed by atoms with Gasteiger partial charge in [0, 0.05) is 38.4 Å². The monoisotopic (exact) mass is 352 g/mol.